The number of fused-ring (bicyclic) bond motifs is 1. The number of hydrogen-bond acceptors (Lipinski definition) is 4. The van der Waals surface area contributed by atoms with Crippen molar-refractivity contribution in [2.24, 2.45) is 0 Å². The van der Waals surface area contributed by atoms with Crippen molar-refractivity contribution in [3.05, 3.63) is 34.0 Å². The third-order valence-electron chi connectivity index (χ3n) is 2.59. The van der Waals surface area contributed by atoms with Crippen molar-refractivity contribution in [1.82, 2.24) is 15.5 Å². The molecule has 2 aromatic rings. The first-order valence-electron chi connectivity index (χ1n) is 5.94. The quantitative estimate of drug-likeness (QED) is 0.381. The van der Waals surface area contributed by atoms with Crippen LogP contribution in [0, 0.1) is 22.0 Å². The van der Waals surface area contributed by atoms with Gasteiger partial charge in [0.25, 0.3) is 5.69 Å². The summed E-state index contributed by atoms with van der Waals surface area (Å²) in [7, 11) is 0. The van der Waals surface area contributed by atoms with E-state index in [4.69, 9.17) is 0 Å². The molecule has 1 aromatic carbocycles. The van der Waals surface area contributed by atoms with Gasteiger partial charge >= 0.3 is 0 Å². The van der Waals surface area contributed by atoms with Crippen LogP contribution in [-0.4, -0.2) is 27.6 Å². The molecule has 1 aromatic heterocycles. The molecule has 0 spiro atoms. The molecule has 0 aliphatic carbocycles. The molecule has 0 saturated carbocycles. The third-order valence-corrected chi connectivity index (χ3v) is 2.59. The number of carbonyl (C=O) groups is 1. The second-order valence-electron chi connectivity index (χ2n) is 4.09. The van der Waals surface area contributed by atoms with Gasteiger partial charge < -0.3 is 5.32 Å². The van der Waals surface area contributed by atoms with Gasteiger partial charge in [-0.05, 0) is 12.0 Å². The molecule has 7 heteroatoms. The van der Waals surface area contributed by atoms with Crippen molar-refractivity contribution in [3.63, 3.8) is 0 Å². The number of nitrogens with one attached hydrogen (secondary N) is 2. The summed E-state index contributed by atoms with van der Waals surface area (Å²) in [5.74, 6) is 5.64. The Balaban J connectivity index is 2.18. The molecule has 0 bridgehead atoms. The maximum Gasteiger partial charge on any atom is 0.270 e. The summed E-state index contributed by atoms with van der Waals surface area (Å²) in [6.45, 7) is 1.91. The van der Waals surface area contributed by atoms with E-state index in [1.165, 1.54) is 19.1 Å². The first kappa shape index (κ1) is 13.5. The van der Waals surface area contributed by atoms with Crippen molar-refractivity contribution in [2.45, 2.75) is 13.3 Å². The van der Waals surface area contributed by atoms with Gasteiger partial charge in [-0.1, -0.05) is 5.92 Å². The van der Waals surface area contributed by atoms with E-state index in [1.54, 1.807) is 6.07 Å². The van der Waals surface area contributed by atoms with Crippen LogP contribution < -0.4 is 5.32 Å². The second kappa shape index (κ2) is 5.84. The lowest BCUT2D eigenvalue weighted by Crippen LogP contribution is -2.20. The second-order valence-corrected chi connectivity index (χ2v) is 4.09. The average Bonchev–Trinajstić information content (AvgIpc) is 2.80. The molecule has 2 N–H and O–H groups in total. The fourth-order valence-electron chi connectivity index (χ4n) is 1.66. The van der Waals surface area contributed by atoms with Crippen LogP contribution in [0.4, 0.5) is 5.69 Å². The van der Waals surface area contributed by atoms with E-state index in [0.29, 0.717) is 29.6 Å². The van der Waals surface area contributed by atoms with Gasteiger partial charge in [0.1, 0.15) is 5.69 Å². The molecule has 1 amide bonds. The minimum atomic E-state index is -0.458. The number of non-ortho nitro benzene ring substituents is 1. The van der Waals surface area contributed by atoms with Crippen LogP contribution in [0.2, 0.25) is 0 Å². The monoisotopic (exact) mass is 272 g/mol. The molecule has 0 radical (unpaired) electrons. The van der Waals surface area contributed by atoms with Crippen LogP contribution in [0.3, 0.4) is 0 Å². The van der Waals surface area contributed by atoms with E-state index in [9.17, 15) is 14.9 Å². The summed E-state index contributed by atoms with van der Waals surface area (Å²) in [5.41, 5.74) is 1.16. The zero-order valence-corrected chi connectivity index (χ0v) is 10.8. The smallest absolute Gasteiger partial charge is 0.270 e. The fraction of sp³-hybridized carbons (Fsp3) is 0.231. The number of aromatic amines is 1. The van der Waals surface area contributed by atoms with Crippen LogP contribution in [0.5, 0.6) is 0 Å². The lowest BCUT2D eigenvalue weighted by Gasteiger charge is -1.94. The number of hydrogen-bond donors (Lipinski definition) is 2. The summed E-state index contributed by atoms with van der Waals surface area (Å²) in [5, 5.41) is 20.8. The largest absolute Gasteiger partial charge is 0.355 e. The number of nitro groups is 1. The van der Waals surface area contributed by atoms with Gasteiger partial charge in [0.2, 0.25) is 5.91 Å². The van der Waals surface area contributed by atoms with Crippen molar-refractivity contribution >= 4 is 22.5 Å². The molecule has 0 aliphatic rings. The van der Waals surface area contributed by atoms with Crippen LogP contribution in [0.15, 0.2) is 18.2 Å². The summed E-state index contributed by atoms with van der Waals surface area (Å²) in [6.07, 6.45) is 0.495. The normalized spacial score (nSPS) is 9.85. The molecule has 102 valence electrons. The third kappa shape index (κ3) is 3.11. The average molecular weight is 272 g/mol. The van der Waals surface area contributed by atoms with Crippen LogP contribution in [0.25, 0.3) is 10.9 Å². The molecule has 0 aliphatic heterocycles. The number of nitrogens with zero attached hydrogens (tertiary/aromatic N) is 2. The molecular weight excluding hydrogens is 260 g/mol. The van der Waals surface area contributed by atoms with Gasteiger partial charge in [-0.25, -0.2) is 0 Å². The van der Waals surface area contributed by atoms with Crippen molar-refractivity contribution in [3.8, 4) is 11.8 Å². The first-order valence-corrected chi connectivity index (χ1v) is 5.94. The zero-order valence-electron chi connectivity index (χ0n) is 10.8. The van der Waals surface area contributed by atoms with E-state index >= 15 is 0 Å². The standard InChI is InChI=1S/C13H12N4O3/c1-9(18)14-7-3-2-4-12-11-8-10(17(19)20)5-6-13(11)16-15-12/h5-6,8H,3,7H2,1H3,(H,14,18)(H,15,16). The SMILES string of the molecule is CC(=O)NCCC#Cc1[nH]nc2ccc([N+](=O)[O-])cc12. The van der Waals surface area contributed by atoms with Gasteiger partial charge in [0, 0.05) is 37.4 Å². The van der Waals surface area contributed by atoms with E-state index in [-0.39, 0.29) is 11.6 Å². The summed E-state index contributed by atoms with van der Waals surface area (Å²) < 4.78 is 0. The molecule has 0 saturated heterocycles. The van der Waals surface area contributed by atoms with Crippen LogP contribution >= 0.6 is 0 Å². The van der Waals surface area contributed by atoms with Gasteiger partial charge in [-0.2, -0.15) is 5.10 Å². The highest BCUT2D eigenvalue weighted by atomic mass is 16.6. The first-order chi connectivity index (χ1) is 9.58. The number of nitro benzene ring substituents is 1. The van der Waals surface area contributed by atoms with Crippen LogP contribution in [0.1, 0.15) is 19.0 Å². The summed E-state index contributed by atoms with van der Waals surface area (Å²) in [6, 6.07) is 4.42. The predicted molar refractivity (Wildman–Crippen MR) is 72.9 cm³/mol. The van der Waals surface area contributed by atoms with Crippen LogP contribution in [-0.2, 0) is 4.79 Å². The van der Waals surface area contributed by atoms with Gasteiger partial charge in [-0.15, -0.1) is 0 Å². The number of aromatic nitrogens is 2. The zero-order chi connectivity index (χ0) is 14.5. The highest BCUT2D eigenvalue weighted by Gasteiger charge is 2.10. The lowest BCUT2D eigenvalue weighted by molar-refractivity contribution is -0.384. The molecule has 7 nitrogen and oxygen atoms in total. The maximum absolute atomic E-state index is 10.7. The Bertz CT molecular complexity index is 724. The highest BCUT2D eigenvalue weighted by Crippen LogP contribution is 2.21. The predicted octanol–water partition coefficient (Wildman–Crippen LogP) is 1.35. The van der Waals surface area contributed by atoms with E-state index in [0.717, 1.165) is 0 Å². The number of H-pyrrole nitrogens is 1. The van der Waals surface area contributed by atoms with Gasteiger partial charge in [-0.3, -0.25) is 20.0 Å². The van der Waals surface area contributed by atoms with Gasteiger partial charge in [0.15, 0.2) is 0 Å². The Morgan fingerprint density at radius 2 is 2.35 bits per heavy atom. The Morgan fingerprint density at radius 3 is 3.05 bits per heavy atom. The highest BCUT2D eigenvalue weighted by molar-refractivity contribution is 5.86. The van der Waals surface area contributed by atoms with Crippen molar-refractivity contribution in [1.29, 1.82) is 0 Å². The fourth-order valence-corrected chi connectivity index (χ4v) is 1.66. The van der Waals surface area contributed by atoms with E-state index in [2.05, 4.69) is 27.4 Å². The Hall–Kier alpha value is -2.88. The van der Waals surface area contributed by atoms with E-state index < -0.39 is 4.92 Å². The molecule has 0 atom stereocenters. The van der Waals surface area contributed by atoms with E-state index in [1.807, 2.05) is 0 Å². The van der Waals surface area contributed by atoms with Gasteiger partial charge in [0.05, 0.1) is 10.4 Å². The molecule has 0 unspecified atom stereocenters. The minimum absolute atomic E-state index is 0.000182. The number of carbonyl (C=O) groups excluding carboxylic acids is 1. The molecular formula is C13H12N4O3. The Kier molecular flexibility index (Phi) is 3.96. The molecule has 1 heterocycles. The topological polar surface area (TPSA) is 101 Å². The molecule has 20 heavy (non-hydrogen) atoms. The van der Waals surface area contributed by atoms with Crippen molar-refractivity contribution < 1.29 is 9.72 Å². The molecule has 0 fully saturated rings. The lowest BCUT2D eigenvalue weighted by atomic mass is 10.2. The Labute approximate surface area is 114 Å². The Morgan fingerprint density at radius 1 is 1.55 bits per heavy atom. The maximum atomic E-state index is 10.7. The summed E-state index contributed by atoms with van der Waals surface area (Å²) in [4.78, 5) is 21.0. The number of amides is 1. The molecule has 2 rings (SSSR count). The minimum Gasteiger partial charge on any atom is -0.355 e. The number of benzene rings is 1. The number of rotatable bonds is 3. The van der Waals surface area contributed by atoms with Crippen molar-refractivity contribution in [2.75, 3.05) is 6.54 Å². The summed E-state index contributed by atoms with van der Waals surface area (Å²) >= 11 is 0.